The van der Waals surface area contributed by atoms with Crippen molar-refractivity contribution in [3.8, 4) is 17.6 Å². The second-order valence-electron chi connectivity index (χ2n) is 2.12. The molecule has 1 N–H and O–H groups in total. The molecular formula is C8H6ClNO2. The highest BCUT2D eigenvalue weighted by molar-refractivity contribution is 6.31. The van der Waals surface area contributed by atoms with Crippen molar-refractivity contribution in [2.24, 2.45) is 0 Å². The third kappa shape index (κ3) is 1.44. The third-order valence-electron chi connectivity index (χ3n) is 1.39. The molecule has 0 amide bonds. The number of rotatable bonds is 1. The second kappa shape index (κ2) is 3.33. The smallest absolute Gasteiger partial charge is 0.161 e. The van der Waals surface area contributed by atoms with Crippen molar-refractivity contribution in [3.05, 3.63) is 22.7 Å². The SMILES string of the molecule is COc1cc(C#N)c(Cl)cc1O. The number of aromatic hydroxyl groups is 1. The van der Waals surface area contributed by atoms with E-state index in [2.05, 4.69) is 0 Å². The second-order valence-corrected chi connectivity index (χ2v) is 2.52. The zero-order valence-corrected chi connectivity index (χ0v) is 7.09. The Labute approximate surface area is 74.8 Å². The van der Waals surface area contributed by atoms with Gasteiger partial charge in [0.1, 0.15) is 6.07 Å². The first kappa shape index (κ1) is 8.69. The molecule has 1 rings (SSSR count). The Morgan fingerprint density at radius 2 is 2.25 bits per heavy atom. The monoisotopic (exact) mass is 183 g/mol. The molecule has 0 radical (unpaired) electrons. The van der Waals surface area contributed by atoms with Gasteiger partial charge in [0.2, 0.25) is 0 Å². The van der Waals surface area contributed by atoms with Crippen LogP contribution in [0.15, 0.2) is 12.1 Å². The molecule has 0 heterocycles. The van der Waals surface area contributed by atoms with Crippen LogP contribution in [0, 0.1) is 11.3 Å². The standard InChI is InChI=1S/C8H6ClNO2/c1-12-8-2-5(4-10)6(9)3-7(8)11/h2-3,11H,1H3. The Morgan fingerprint density at radius 3 is 2.75 bits per heavy atom. The van der Waals surface area contributed by atoms with E-state index in [1.54, 1.807) is 0 Å². The molecule has 0 fully saturated rings. The molecule has 1 aromatic carbocycles. The Hall–Kier alpha value is -1.40. The molecule has 0 saturated heterocycles. The lowest BCUT2D eigenvalue weighted by molar-refractivity contribution is 0.373. The average molecular weight is 184 g/mol. The highest BCUT2D eigenvalue weighted by Crippen LogP contribution is 2.31. The molecule has 0 aliphatic heterocycles. The molecule has 0 atom stereocenters. The van der Waals surface area contributed by atoms with Crippen LogP contribution >= 0.6 is 11.6 Å². The van der Waals surface area contributed by atoms with Crippen LogP contribution in [0.2, 0.25) is 5.02 Å². The van der Waals surface area contributed by atoms with Crippen molar-refractivity contribution in [1.29, 1.82) is 5.26 Å². The minimum Gasteiger partial charge on any atom is -0.504 e. The van der Waals surface area contributed by atoms with E-state index in [4.69, 9.17) is 21.6 Å². The minimum atomic E-state index is -0.0681. The van der Waals surface area contributed by atoms with Crippen LogP contribution in [0.4, 0.5) is 0 Å². The minimum absolute atomic E-state index is 0.0681. The first-order valence-electron chi connectivity index (χ1n) is 3.15. The molecule has 0 spiro atoms. The van der Waals surface area contributed by atoms with Gasteiger partial charge in [0, 0.05) is 12.1 Å². The normalized spacial score (nSPS) is 9.08. The van der Waals surface area contributed by atoms with Crippen LogP contribution in [0.5, 0.6) is 11.5 Å². The molecule has 0 aliphatic rings. The summed E-state index contributed by atoms with van der Waals surface area (Å²) in [5, 5.41) is 18.0. The number of nitriles is 1. The maximum Gasteiger partial charge on any atom is 0.161 e. The van der Waals surface area contributed by atoms with E-state index >= 15 is 0 Å². The van der Waals surface area contributed by atoms with Gasteiger partial charge < -0.3 is 9.84 Å². The molecule has 62 valence electrons. The molecule has 0 aromatic heterocycles. The van der Waals surface area contributed by atoms with E-state index in [1.165, 1.54) is 19.2 Å². The summed E-state index contributed by atoms with van der Waals surface area (Å²) in [6, 6.07) is 4.54. The molecule has 4 heteroatoms. The Balaban J connectivity index is 3.30. The van der Waals surface area contributed by atoms with Gasteiger partial charge in [0.15, 0.2) is 11.5 Å². The first-order chi connectivity index (χ1) is 5.69. The highest BCUT2D eigenvalue weighted by atomic mass is 35.5. The van der Waals surface area contributed by atoms with E-state index < -0.39 is 0 Å². The zero-order valence-electron chi connectivity index (χ0n) is 6.34. The summed E-state index contributed by atoms with van der Waals surface area (Å²) in [5.41, 5.74) is 0.284. The molecule has 0 bridgehead atoms. The summed E-state index contributed by atoms with van der Waals surface area (Å²) in [6.45, 7) is 0. The van der Waals surface area contributed by atoms with Crippen LogP contribution in [0.1, 0.15) is 5.56 Å². The molecule has 0 unspecified atom stereocenters. The fourth-order valence-electron chi connectivity index (χ4n) is 0.792. The summed E-state index contributed by atoms with van der Waals surface area (Å²) in [7, 11) is 1.41. The number of halogens is 1. The molecule has 0 aliphatic carbocycles. The lowest BCUT2D eigenvalue weighted by atomic mass is 10.2. The van der Waals surface area contributed by atoms with Crippen LogP contribution < -0.4 is 4.74 Å². The number of hydrogen-bond acceptors (Lipinski definition) is 3. The van der Waals surface area contributed by atoms with E-state index in [-0.39, 0.29) is 22.1 Å². The predicted octanol–water partition coefficient (Wildman–Crippen LogP) is 1.93. The fourth-order valence-corrected chi connectivity index (χ4v) is 0.992. The number of benzene rings is 1. The number of methoxy groups -OCH3 is 1. The number of nitrogens with zero attached hydrogens (tertiary/aromatic N) is 1. The van der Waals surface area contributed by atoms with Crippen molar-refractivity contribution >= 4 is 11.6 Å². The van der Waals surface area contributed by atoms with Gasteiger partial charge in [-0.25, -0.2) is 0 Å². The summed E-state index contributed by atoms with van der Waals surface area (Å²) >= 11 is 5.62. The first-order valence-corrected chi connectivity index (χ1v) is 3.53. The quantitative estimate of drug-likeness (QED) is 0.724. The summed E-state index contributed by atoms with van der Waals surface area (Å²) in [6.07, 6.45) is 0. The van der Waals surface area contributed by atoms with Crippen molar-refractivity contribution < 1.29 is 9.84 Å². The van der Waals surface area contributed by atoms with Crippen molar-refractivity contribution in [1.82, 2.24) is 0 Å². The number of ether oxygens (including phenoxy) is 1. The average Bonchev–Trinajstić information content (AvgIpc) is 2.05. The summed E-state index contributed by atoms with van der Waals surface area (Å²) < 4.78 is 4.78. The molecular weight excluding hydrogens is 178 g/mol. The molecule has 12 heavy (non-hydrogen) atoms. The summed E-state index contributed by atoms with van der Waals surface area (Å²) in [4.78, 5) is 0. The van der Waals surface area contributed by atoms with E-state index in [9.17, 15) is 5.11 Å². The highest BCUT2D eigenvalue weighted by Gasteiger charge is 2.06. The van der Waals surface area contributed by atoms with Crippen LogP contribution in [0.25, 0.3) is 0 Å². The maximum absolute atomic E-state index is 9.19. The Morgan fingerprint density at radius 1 is 1.58 bits per heavy atom. The Kier molecular flexibility index (Phi) is 2.41. The largest absolute Gasteiger partial charge is 0.504 e. The predicted molar refractivity (Wildman–Crippen MR) is 44.4 cm³/mol. The van der Waals surface area contributed by atoms with Crippen molar-refractivity contribution in [3.63, 3.8) is 0 Å². The number of phenolic OH excluding ortho intramolecular Hbond substituents is 1. The van der Waals surface area contributed by atoms with Gasteiger partial charge in [-0.3, -0.25) is 0 Å². The van der Waals surface area contributed by atoms with Gasteiger partial charge in [0.25, 0.3) is 0 Å². The van der Waals surface area contributed by atoms with Crippen LogP contribution in [-0.4, -0.2) is 12.2 Å². The number of phenols is 1. The number of hydrogen-bond donors (Lipinski definition) is 1. The van der Waals surface area contributed by atoms with Crippen LogP contribution in [-0.2, 0) is 0 Å². The Bertz CT molecular complexity index is 344. The van der Waals surface area contributed by atoms with Gasteiger partial charge in [-0.15, -0.1) is 0 Å². The maximum atomic E-state index is 9.19. The van der Waals surface area contributed by atoms with Gasteiger partial charge in [-0.05, 0) is 0 Å². The van der Waals surface area contributed by atoms with Gasteiger partial charge in [-0.2, -0.15) is 5.26 Å². The topological polar surface area (TPSA) is 53.2 Å². The van der Waals surface area contributed by atoms with Crippen LogP contribution in [0.3, 0.4) is 0 Å². The lowest BCUT2D eigenvalue weighted by Crippen LogP contribution is -1.85. The van der Waals surface area contributed by atoms with Crippen molar-refractivity contribution in [2.45, 2.75) is 0 Å². The van der Waals surface area contributed by atoms with E-state index in [0.29, 0.717) is 0 Å². The van der Waals surface area contributed by atoms with E-state index in [0.717, 1.165) is 0 Å². The molecule has 3 nitrogen and oxygen atoms in total. The lowest BCUT2D eigenvalue weighted by Gasteiger charge is -2.03. The van der Waals surface area contributed by atoms with E-state index in [1.807, 2.05) is 6.07 Å². The van der Waals surface area contributed by atoms with Gasteiger partial charge in [-0.1, -0.05) is 11.6 Å². The summed E-state index contributed by atoms with van der Waals surface area (Å²) in [5.74, 6) is 0.178. The van der Waals surface area contributed by atoms with Gasteiger partial charge >= 0.3 is 0 Å². The fraction of sp³-hybridized carbons (Fsp3) is 0.125. The van der Waals surface area contributed by atoms with Gasteiger partial charge in [0.05, 0.1) is 17.7 Å². The molecule has 1 aromatic rings. The zero-order chi connectivity index (χ0) is 9.14. The molecule has 0 saturated carbocycles. The third-order valence-corrected chi connectivity index (χ3v) is 1.70. The van der Waals surface area contributed by atoms with Crippen molar-refractivity contribution in [2.75, 3.05) is 7.11 Å².